The van der Waals surface area contributed by atoms with E-state index in [0.29, 0.717) is 25.8 Å². The van der Waals surface area contributed by atoms with E-state index in [2.05, 4.69) is 5.32 Å². The summed E-state index contributed by atoms with van der Waals surface area (Å²) >= 11 is 0. The van der Waals surface area contributed by atoms with Crippen molar-refractivity contribution in [1.82, 2.24) is 10.2 Å². The fourth-order valence-electron chi connectivity index (χ4n) is 3.21. The van der Waals surface area contributed by atoms with Gasteiger partial charge in [0.05, 0.1) is 6.04 Å². The van der Waals surface area contributed by atoms with Gasteiger partial charge in [-0.25, -0.2) is 4.79 Å². The summed E-state index contributed by atoms with van der Waals surface area (Å²) in [4.78, 5) is 48.7. The summed E-state index contributed by atoms with van der Waals surface area (Å²) < 4.78 is 0. The first-order valence-corrected chi connectivity index (χ1v) is 8.74. The van der Waals surface area contributed by atoms with Crippen LogP contribution in [-0.4, -0.2) is 52.2 Å². The van der Waals surface area contributed by atoms with Gasteiger partial charge in [-0.3, -0.25) is 14.4 Å². The van der Waals surface area contributed by atoms with E-state index in [0.717, 1.165) is 5.56 Å². The van der Waals surface area contributed by atoms with Gasteiger partial charge in [-0.15, -0.1) is 0 Å². The Morgan fingerprint density at radius 2 is 1.88 bits per heavy atom. The quantitative estimate of drug-likeness (QED) is 0.724. The second-order valence-corrected chi connectivity index (χ2v) is 6.49. The molecule has 2 amide bonds. The Bertz CT molecular complexity index is 674. The van der Waals surface area contributed by atoms with Crippen LogP contribution in [0, 0.1) is 0 Å². The molecule has 1 aliphatic rings. The lowest BCUT2D eigenvalue weighted by Gasteiger charge is -2.22. The number of amides is 2. The first-order valence-electron chi connectivity index (χ1n) is 8.74. The summed E-state index contributed by atoms with van der Waals surface area (Å²) in [5, 5.41) is 11.8. The molecule has 2 atom stereocenters. The van der Waals surface area contributed by atoms with Crippen molar-refractivity contribution in [2.45, 2.75) is 51.1 Å². The molecule has 140 valence electrons. The van der Waals surface area contributed by atoms with Crippen molar-refractivity contribution in [2.75, 3.05) is 6.54 Å². The molecule has 0 bridgehead atoms. The molecule has 7 nitrogen and oxygen atoms in total. The highest BCUT2D eigenvalue weighted by atomic mass is 16.4. The summed E-state index contributed by atoms with van der Waals surface area (Å²) in [5.41, 5.74) is 0.913. The maximum atomic E-state index is 12.5. The van der Waals surface area contributed by atoms with E-state index in [1.165, 1.54) is 11.8 Å². The number of aliphatic carboxylic acids is 1. The van der Waals surface area contributed by atoms with E-state index in [-0.39, 0.29) is 30.4 Å². The molecule has 0 aromatic heterocycles. The van der Waals surface area contributed by atoms with Gasteiger partial charge in [-0.2, -0.15) is 0 Å². The molecule has 1 aliphatic heterocycles. The minimum Gasteiger partial charge on any atom is -0.480 e. The van der Waals surface area contributed by atoms with Gasteiger partial charge < -0.3 is 15.3 Å². The molecule has 0 unspecified atom stereocenters. The minimum atomic E-state index is -1.01. The molecule has 7 heteroatoms. The highest BCUT2D eigenvalue weighted by molar-refractivity contribution is 5.92. The average molecular weight is 360 g/mol. The third-order valence-corrected chi connectivity index (χ3v) is 4.49. The molecule has 2 N–H and O–H groups in total. The summed E-state index contributed by atoms with van der Waals surface area (Å²) in [6.07, 6.45) is 1.37. The van der Waals surface area contributed by atoms with Crippen molar-refractivity contribution >= 4 is 23.6 Å². The molecule has 1 saturated heterocycles. The summed E-state index contributed by atoms with van der Waals surface area (Å²) in [5.74, 6) is -1.88. The number of benzene rings is 1. The normalized spacial score (nSPS) is 17.6. The lowest BCUT2D eigenvalue weighted by molar-refractivity contribution is -0.148. The highest BCUT2D eigenvalue weighted by Gasteiger charge is 2.34. The maximum absolute atomic E-state index is 12.5. The van der Waals surface area contributed by atoms with Crippen molar-refractivity contribution in [3.05, 3.63) is 35.9 Å². The van der Waals surface area contributed by atoms with E-state index in [1.807, 2.05) is 30.3 Å². The second kappa shape index (κ2) is 9.12. The fourth-order valence-corrected chi connectivity index (χ4v) is 3.21. The van der Waals surface area contributed by atoms with Crippen LogP contribution in [0.25, 0.3) is 0 Å². The van der Waals surface area contributed by atoms with E-state index in [1.54, 1.807) is 0 Å². The first-order chi connectivity index (χ1) is 12.4. The maximum Gasteiger partial charge on any atom is 0.326 e. The summed E-state index contributed by atoms with van der Waals surface area (Å²) in [6, 6.07) is 7.82. The number of carbonyl (C=O) groups is 4. The van der Waals surface area contributed by atoms with E-state index in [9.17, 15) is 19.2 Å². The molecule has 1 aromatic carbocycles. The number of carbonyl (C=O) groups excluding carboxylic acids is 3. The molecular weight excluding hydrogens is 336 g/mol. The zero-order chi connectivity index (χ0) is 19.1. The lowest BCUT2D eigenvalue weighted by atomic mass is 9.99. The molecule has 0 spiro atoms. The zero-order valence-electron chi connectivity index (χ0n) is 14.8. The van der Waals surface area contributed by atoms with Crippen LogP contribution in [0.1, 0.15) is 38.2 Å². The number of likely N-dealkylation sites (tertiary alicyclic amines) is 1. The van der Waals surface area contributed by atoms with Crippen molar-refractivity contribution in [1.29, 1.82) is 0 Å². The Kier molecular flexibility index (Phi) is 6.89. The molecule has 0 saturated carbocycles. The molecule has 0 aliphatic carbocycles. The number of hydrogen-bond acceptors (Lipinski definition) is 4. The van der Waals surface area contributed by atoms with Gasteiger partial charge in [0.15, 0.2) is 5.78 Å². The smallest absolute Gasteiger partial charge is 0.326 e. The predicted octanol–water partition coefficient (Wildman–Crippen LogP) is 1.16. The molecule has 26 heavy (non-hydrogen) atoms. The third kappa shape index (κ3) is 5.40. The van der Waals surface area contributed by atoms with Gasteiger partial charge in [0.25, 0.3) is 0 Å². The number of carboxylic acid groups (broad SMARTS) is 1. The van der Waals surface area contributed by atoms with Crippen LogP contribution in [0.4, 0.5) is 0 Å². The standard InChI is InChI=1S/C19H24N2O5/c1-13(22)20-15(12-14-6-3-2-4-7-14)17(23)9-10-18(24)21-11-5-8-16(21)19(25)26/h2-4,6-7,15-16H,5,8-12H2,1H3,(H,20,22)(H,25,26)/t15-,16-/m0/s1. The van der Waals surface area contributed by atoms with E-state index in [4.69, 9.17) is 5.11 Å². The van der Waals surface area contributed by atoms with Crippen LogP contribution in [0.15, 0.2) is 30.3 Å². The monoisotopic (exact) mass is 360 g/mol. The van der Waals surface area contributed by atoms with Crippen molar-refractivity contribution < 1.29 is 24.3 Å². The number of ketones is 1. The van der Waals surface area contributed by atoms with Crippen LogP contribution < -0.4 is 5.32 Å². The van der Waals surface area contributed by atoms with Gasteiger partial charge in [0.2, 0.25) is 11.8 Å². The van der Waals surface area contributed by atoms with Crippen LogP contribution >= 0.6 is 0 Å². The average Bonchev–Trinajstić information content (AvgIpc) is 3.09. The van der Waals surface area contributed by atoms with Crippen LogP contribution in [0.2, 0.25) is 0 Å². The van der Waals surface area contributed by atoms with Crippen LogP contribution in [0.5, 0.6) is 0 Å². The van der Waals surface area contributed by atoms with Crippen LogP contribution in [-0.2, 0) is 25.6 Å². The molecule has 1 aromatic rings. The Balaban J connectivity index is 1.94. The number of nitrogens with zero attached hydrogens (tertiary/aromatic N) is 1. The number of Topliss-reactive ketones (excluding diaryl/α,β-unsaturated/α-hetero) is 1. The number of carboxylic acids is 1. The fraction of sp³-hybridized carbons (Fsp3) is 0.474. The van der Waals surface area contributed by atoms with Crippen molar-refractivity contribution in [2.24, 2.45) is 0 Å². The molecule has 1 fully saturated rings. The predicted molar refractivity (Wildman–Crippen MR) is 94.4 cm³/mol. The number of hydrogen-bond donors (Lipinski definition) is 2. The first kappa shape index (κ1) is 19.6. The topological polar surface area (TPSA) is 104 Å². The second-order valence-electron chi connectivity index (χ2n) is 6.49. The molecule has 1 heterocycles. The molecule has 2 rings (SSSR count). The number of nitrogens with one attached hydrogen (secondary N) is 1. The Labute approximate surface area is 152 Å². The van der Waals surface area contributed by atoms with Crippen LogP contribution in [0.3, 0.4) is 0 Å². The van der Waals surface area contributed by atoms with E-state index >= 15 is 0 Å². The van der Waals surface area contributed by atoms with Gasteiger partial charge >= 0.3 is 5.97 Å². The largest absolute Gasteiger partial charge is 0.480 e. The molecule has 0 radical (unpaired) electrons. The summed E-state index contributed by atoms with van der Waals surface area (Å²) in [6.45, 7) is 1.75. The Hall–Kier alpha value is -2.70. The van der Waals surface area contributed by atoms with Gasteiger partial charge in [-0.05, 0) is 24.8 Å². The zero-order valence-corrected chi connectivity index (χ0v) is 14.8. The lowest BCUT2D eigenvalue weighted by Crippen LogP contribution is -2.43. The highest BCUT2D eigenvalue weighted by Crippen LogP contribution is 2.19. The molecular formula is C19H24N2O5. The van der Waals surface area contributed by atoms with Crippen molar-refractivity contribution in [3.8, 4) is 0 Å². The Morgan fingerprint density at radius 1 is 1.19 bits per heavy atom. The van der Waals surface area contributed by atoms with E-state index < -0.39 is 18.1 Å². The van der Waals surface area contributed by atoms with Crippen molar-refractivity contribution in [3.63, 3.8) is 0 Å². The van der Waals surface area contributed by atoms with Gasteiger partial charge in [-0.1, -0.05) is 30.3 Å². The Morgan fingerprint density at radius 3 is 2.50 bits per heavy atom. The SMILES string of the molecule is CC(=O)N[C@@H](Cc1ccccc1)C(=O)CCC(=O)N1CCC[C@H]1C(=O)O. The minimum absolute atomic E-state index is 0.0283. The van der Waals surface area contributed by atoms with Gasteiger partial charge in [0.1, 0.15) is 6.04 Å². The summed E-state index contributed by atoms with van der Waals surface area (Å²) in [7, 11) is 0. The number of rotatable bonds is 8. The van der Waals surface area contributed by atoms with Gasteiger partial charge in [0, 0.05) is 26.3 Å². The third-order valence-electron chi connectivity index (χ3n) is 4.49.